The zero-order valence-electron chi connectivity index (χ0n) is 8.61. The van der Waals surface area contributed by atoms with Gasteiger partial charge in [-0.1, -0.05) is 6.07 Å². The van der Waals surface area contributed by atoms with Crippen molar-refractivity contribution in [2.45, 2.75) is 12.6 Å². The molecule has 0 saturated carbocycles. The minimum Gasteiger partial charge on any atom is -0.480 e. The third-order valence-corrected chi connectivity index (χ3v) is 2.02. The molecule has 0 aromatic heterocycles. The van der Waals surface area contributed by atoms with Gasteiger partial charge in [0.15, 0.2) is 6.04 Å². The van der Waals surface area contributed by atoms with Gasteiger partial charge in [0.05, 0.1) is 0 Å². The van der Waals surface area contributed by atoms with Crippen molar-refractivity contribution in [2.75, 3.05) is 0 Å². The summed E-state index contributed by atoms with van der Waals surface area (Å²) in [5.74, 6) is -3.99. The number of amides is 1. The van der Waals surface area contributed by atoms with Gasteiger partial charge in [0, 0.05) is 18.2 Å². The highest BCUT2D eigenvalue weighted by Crippen LogP contribution is 2.08. The number of carbonyl (C=O) groups excluding carboxylic acids is 1. The topological polar surface area (TPSA) is 92.4 Å². The van der Waals surface area contributed by atoms with Gasteiger partial charge >= 0.3 is 5.97 Å². The van der Waals surface area contributed by atoms with Crippen LogP contribution in [0.1, 0.15) is 5.56 Å². The lowest BCUT2D eigenvalue weighted by Crippen LogP contribution is -2.45. The van der Waals surface area contributed by atoms with Crippen LogP contribution in [0.15, 0.2) is 18.2 Å². The van der Waals surface area contributed by atoms with Crippen LogP contribution < -0.4 is 11.1 Å². The third-order valence-electron chi connectivity index (χ3n) is 2.02. The highest BCUT2D eigenvalue weighted by molar-refractivity contribution is 6.00. The van der Waals surface area contributed by atoms with E-state index in [0.29, 0.717) is 6.07 Å². The minimum absolute atomic E-state index is 0.0392. The van der Waals surface area contributed by atoms with Crippen LogP contribution in [0, 0.1) is 11.6 Å². The first-order chi connectivity index (χ1) is 7.91. The number of hydrogen-bond acceptors (Lipinski definition) is 3. The molecule has 1 atom stereocenters. The first kappa shape index (κ1) is 13.0. The fourth-order valence-electron chi connectivity index (χ4n) is 1.07. The molecule has 7 heteroatoms. The fourth-order valence-corrected chi connectivity index (χ4v) is 1.07. The molecule has 0 aliphatic heterocycles. The first-order valence-corrected chi connectivity index (χ1v) is 4.62. The highest BCUT2D eigenvalue weighted by atomic mass is 19.1. The number of carboxylic acids is 1. The summed E-state index contributed by atoms with van der Waals surface area (Å²) in [6, 6.07) is 1.14. The number of rotatable bonds is 4. The largest absolute Gasteiger partial charge is 0.480 e. The Balaban J connectivity index is 2.62. The van der Waals surface area contributed by atoms with E-state index in [2.05, 4.69) is 5.32 Å². The van der Waals surface area contributed by atoms with Crippen molar-refractivity contribution in [2.24, 2.45) is 5.73 Å². The van der Waals surface area contributed by atoms with Crippen molar-refractivity contribution in [3.63, 3.8) is 0 Å². The number of aliphatic carboxylic acids is 1. The maximum absolute atomic E-state index is 13.1. The Kier molecular flexibility index (Phi) is 4.11. The molecule has 1 rings (SSSR count). The van der Waals surface area contributed by atoms with Gasteiger partial charge in [0.1, 0.15) is 11.6 Å². The van der Waals surface area contributed by atoms with E-state index in [4.69, 9.17) is 10.8 Å². The van der Waals surface area contributed by atoms with E-state index in [1.54, 1.807) is 0 Å². The molecule has 17 heavy (non-hydrogen) atoms. The smallest absolute Gasteiger partial charge is 0.330 e. The lowest BCUT2D eigenvalue weighted by atomic mass is 10.2. The zero-order valence-corrected chi connectivity index (χ0v) is 8.61. The van der Waals surface area contributed by atoms with Crippen LogP contribution in [0.2, 0.25) is 0 Å². The van der Waals surface area contributed by atoms with E-state index in [0.717, 1.165) is 12.1 Å². The average Bonchev–Trinajstić information content (AvgIpc) is 2.26. The van der Waals surface area contributed by atoms with Crippen molar-refractivity contribution >= 4 is 11.9 Å². The third kappa shape index (κ3) is 3.49. The second-order valence-corrected chi connectivity index (χ2v) is 3.27. The molecule has 0 fully saturated rings. The van der Waals surface area contributed by atoms with Crippen LogP contribution in [-0.2, 0) is 16.1 Å². The maximum Gasteiger partial charge on any atom is 0.330 e. The van der Waals surface area contributed by atoms with Crippen LogP contribution in [0.25, 0.3) is 0 Å². The van der Waals surface area contributed by atoms with Crippen molar-refractivity contribution < 1.29 is 23.5 Å². The predicted molar refractivity (Wildman–Crippen MR) is 53.8 cm³/mol. The lowest BCUT2D eigenvalue weighted by Gasteiger charge is -2.08. The molecule has 0 aliphatic carbocycles. The van der Waals surface area contributed by atoms with E-state index >= 15 is 0 Å². The number of carbonyl (C=O) groups is 2. The summed E-state index contributed by atoms with van der Waals surface area (Å²) in [5.41, 5.74) is 5.06. The molecule has 4 N–H and O–H groups in total. The van der Waals surface area contributed by atoms with Gasteiger partial charge in [-0.05, 0) is 6.07 Å². The van der Waals surface area contributed by atoms with Crippen LogP contribution in [0.4, 0.5) is 8.78 Å². The van der Waals surface area contributed by atoms with Gasteiger partial charge in [0.2, 0.25) is 5.91 Å². The number of nitrogens with one attached hydrogen (secondary N) is 1. The van der Waals surface area contributed by atoms with Gasteiger partial charge < -0.3 is 16.2 Å². The lowest BCUT2D eigenvalue weighted by molar-refractivity contribution is -0.142. The second-order valence-electron chi connectivity index (χ2n) is 3.27. The number of hydrogen-bond donors (Lipinski definition) is 3. The molecule has 0 spiro atoms. The summed E-state index contributed by atoms with van der Waals surface area (Å²) < 4.78 is 25.7. The Morgan fingerprint density at radius 1 is 1.41 bits per heavy atom. The molecule has 92 valence electrons. The van der Waals surface area contributed by atoms with E-state index < -0.39 is 29.6 Å². The van der Waals surface area contributed by atoms with Crippen molar-refractivity contribution in [3.05, 3.63) is 35.4 Å². The Hall–Kier alpha value is -2.02. The monoisotopic (exact) mass is 244 g/mol. The summed E-state index contributed by atoms with van der Waals surface area (Å²) in [5, 5.41) is 10.6. The number of halogens is 2. The maximum atomic E-state index is 13.1. The summed E-state index contributed by atoms with van der Waals surface area (Å²) in [6.07, 6.45) is 0. The number of nitrogens with two attached hydrogens (primary N) is 1. The molecule has 5 nitrogen and oxygen atoms in total. The van der Waals surface area contributed by atoms with Gasteiger partial charge in [-0.25, -0.2) is 13.6 Å². The molecule has 0 heterocycles. The summed E-state index contributed by atoms with van der Waals surface area (Å²) in [4.78, 5) is 21.5. The average molecular weight is 244 g/mol. The van der Waals surface area contributed by atoms with Gasteiger partial charge in [0.25, 0.3) is 0 Å². The minimum atomic E-state index is -1.71. The summed E-state index contributed by atoms with van der Waals surface area (Å²) in [7, 11) is 0. The highest BCUT2D eigenvalue weighted by Gasteiger charge is 2.20. The van der Waals surface area contributed by atoms with Crippen LogP contribution >= 0.6 is 0 Å². The van der Waals surface area contributed by atoms with Crippen LogP contribution in [-0.4, -0.2) is 23.0 Å². The Morgan fingerprint density at radius 3 is 2.59 bits per heavy atom. The molecule has 0 saturated heterocycles. The Morgan fingerprint density at radius 2 is 2.06 bits per heavy atom. The van der Waals surface area contributed by atoms with Crippen molar-refractivity contribution in [1.29, 1.82) is 0 Å². The van der Waals surface area contributed by atoms with Gasteiger partial charge in [-0.2, -0.15) is 0 Å². The summed E-state index contributed by atoms with van der Waals surface area (Å²) in [6.45, 7) is -0.258. The van der Waals surface area contributed by atoms with Gasteiger partial charge in [-0.3, -0.25) is 4.79 Å². The molecule has 0 radical (unpaired) electrons. The van der Waals surface area contributed by atoms with Crippen molar-refractivity contribution in [1.82, 2.24) is 5.32 Å². The molecule has 1 unspecified atom stereocenters. The van der Waals surface area contributed by atoms with E-state index in [1.165, 1.54) is 0 Å². The molecular weight excluding hydrogens is 234 g/mol. The predicted octanol–water partition coefficient (Wildman–Crippen LogP) is -0.00710. The quantitative estimate of drug-likeness (QED) is 0.649. The van der Waals surface area contributed by atoms with E-state index in [9.17, 15) is 18.4 Å². The fraction of sp³-hybridized carbons (Fsp3) is 0.200. The molecule has 1 amide bonds. The molecule has 1 aromatic rings. The van der Waals surface area contributed by atoms with Crippen LogP contribution in [0.3, 0.4) is 0 Å². The van der Waals surface area contributed by atoms with E-state index in [-0.39, 0.29) is 12.1 Å². The molecule has 0 bridgehead atoms. The molecular formula is C10H10F2N2O3. The standard InChI is InChI=1S/C10H10F2N2O3/c11-6-2-1-5(7(12)3-6)4-14-9(15)8(13)10(16)17/h1-3,8H,4,13H2,(H,14,15)(H,16,17). The zero-order chi connectivity index (χ0) is 13.0. The molecule has 0 aliphatic rings. The number of carboxylic acid groups (broad SMARTS) is 1. The SMILES string of the molecule is NC(C(=O)O)C(=O)NCc1ccc(F)cc1F. The molecule has 1 aromatic carbocycles. The Bertz CT molecular complexity index is 451. The second kappa shape index (κ2) is 5.35. The summed E-state index contributed by atoms with van der Waals surface area (Å²) >= 11 is 0. The van der Waals surface area contributed by atoms with Crippen LogP contribution in [0.5, 0.6) is 0 Å². The van der Waals surface area contributed by atoms with Gasteiger partial charge in [-0.15, -0.1) is 0 Å². The first-order valence-electron chi connectivity index (χ1n) is 4.62. The number of benzene rings is 1. The normalized spacial score (nSPS) is 11.9. The van der Waals surface area contributed by atoms with E-state index in [1.807, 2.05) is 0 Å². The van der Waals surface area contributed by atoms with Crippen molar-refractivity contribution in [3.8, 4) is 0 Å². The Labute approximate surface area is 95.2 Å².